The number of anilines is 1. The number of hydrogen-bond donors (Lipinski definition) is 1. The zero-order valence-electron chi connectivity index (χ0n) is 15.6. The molecule has 0 unspecified atom stereocenters. The van der Waals surface area contributed by atoms with Crippen LogP contribution < -0.4 is 5.32 Å². The molecule has 1 amide bonds. The molecule has 0 saturated heterocycles. The normalized spacial score (nSPS) is 11.3. The van der Waals surface area contributed by atoms with Gasteiger partial charge in [0.25, 0.3) is 11.6 Å². The van der Waals surface area contributed by atoms with Crippen LogP contribution in [0, 0.1) is 17.0 Å². The van der Waals surface area contributed by atoms with Crippen molar-refractivity contribution in [3.05, 3.63) is 106 Å². The lowest BCUT2D eigenvalue weighted by Crippen LogP contribution is -2.26. The summed E-state index contributed by atoms with van der Waals surface area (Å²) >= 11 is 0. The van der Waals surface area contributed by atoms with E-state index >= 15 is 0 Å². The fourth-order valence-electron chi connectivity index (χ4n) is 2.75. The van der Waals surface area contributed by atoms with Gasteiger partial charge in [-0.2, -0.15) is 0 Å². The van der Waals surface area contributed by atoms with E-state index in [1.54, 1.807) is 73.7 Å². The summed E-state index contributed by atoms with van der Waals surface area (Å²) in [5, 5.41) is 13.8. The molecule has 3 aromatic rings. The number of nitrogens with one attached hydrogen (secondary N) is 1. The molecule has 146 valence electrons. The Labute approximate surface area is 167 Å². The molecule has 0 spiro atoms. The van der Waals surface area contributed by atoms with Crippen molar-refractivity contribution in [2.45, 2.75) is 13.0 Å². The molecule has 0 aliphatic heterocycles. The van der Waals surface area contributed by atoms with Crippen LogP contribution in [-0.2, 0) is 9.53 Å². The van der Waals surface area contributed by atoms with Crippen molar-refractivity contribution >= 4 is 23.3 Å². The zero-order chi connectivity index (χ0) is 20.8. The average Bonchev–Trinajstić information content (AvgIpc) is 2.74. The smallest absolute Gasteiger partial charge is 0.339 e. The molecule has 7 heteroatoms. The maximum atomic E-state index is 12.9. The predicted molar refractivity (Wildman–Crippen MR) is 108 cm³/mol. The van der Waals surface area contributed by atoms with Crippen molar-refractivity contribution in [1.29, 1.82) is 0 Å². The summed E-state index contributed by atoms with van der Waals surface area (Å²) in [6.45, 7) is 1.72. The van der Waals surface area contributed by atoms with E-state index in [1.165, 1.54) is 12.1 Å². The maximum absolute atomic E-state index is 12.9. The van der Waals surface area contributed by atoms with Gasteiger partial charge in [-0.1, -0.05) is 54.6 Å². The molecule has 0 aliphatic carbocycles. The van der Waals surface area contributed by atoms with Gasteiger partial charge in [0.15, 0.2) is 0 Å². The largest absolute Gasteiger partial charge is 0.444 e. The first-order valence-corrected chi connectivity index (χ1v) is 8.82. The van der Waals surface area contributed by atoms with Crippen LogP contribution in [0.5, 0.6) is 0 Å². The molecule has 0 bridgehead atoms. The number of aryl methyl sites for hydroxylation is 1. The number of benzene rings is 3. The molecule has 0 saturated carbocycles. The fourth-order valence-corrected chi connectivity index (χ4v) is 2.75. The Morgan fingerprint density at radius 2 is 1.59 bits per heavy atom. The monoisotopic (exact) mass is 390 g/mol. The van der Waals surface area contributed by atoms with Gasteiger partial charge in [0.1, 0.15) is 5.69 Å². The Hall–Kier alpha value is -4.00. The number of nitrogens with zero attached hydrogens (tertiary/aromatic N) is 1. The Morgan fingerprint density at radius 3 is 2.21 bits per heavy atom. The van der Waals surface area contributed by atoms with Crippen LogP contribution in [0.3, 0.4) is 0 Å². The van der Waals surface area contributed by atoms with E-state index < -0.39 is 22.9 Å². The van der Waals surface area contributed by atoms with Crippen LogP contribution in [0.2, 0.25) is 0 Å². The van der Waals surface area contributed by atoms with Crippen molar-refractivity contribution in [2.75, 3.05) is 5.32 Å². The summed E-state index contributed by atoms with van der Waals surface area (Å²) in [5.74, 6) is -1.36. The van der Waals surface area contributed by atoms with E-state index in [9.17, 15) is 19.7 Å². The third-order valence-electron chi connectivity index (χ3n) is 4.18. The van der Waals surface area contributed by atoms with Crippen LogP contribution in [0.1, 0.15) is 27.6 Å². The van der Waals surface area contributed by atoms with E-state index in [2.05, 4.69) is 5.32 Å². The van der Waals surface area contributed by atoms with Crippen LogP contribution in [-0.4, -0.2) is 16.8 Å². The van der Waals surface area contributed by atoms with Crippen LogP contribution in [0.4, 0.5) is 11.4 Å². The molecule has 3 aromatic carbocycles. The number of ether oxygens (including phenoxy) is 1. The van der Waals surface area contributed by atoms with Crippen molar-refractivity contribution in [2.24, 2.45) is 0 Å². The van der Waals surface area contributed by atoms with E-state index in [0.717, 1.165) is 0 Å². The molecular weight excluding hydrogens is 372 g/mol. The lowest BCUT2D eigenvalue weighted by molar-refractivity contribution is -0.384. The van der Waals surface area contributed by atoms with Gasteiger partial charge in [0.05, 0.1) is 10.5 Å². The number of carbonyl (C=O) groups is 2. The van der Waals surface area contributed by atoms with Gasteiger partial charge in [0, 0.05) is 11.6 Å². The number of nitro benzene ring substituents is 1. The van der Waals surface area contributed by atoms with Crippen molar-refractivity contribution in [3.63, 3.8) is 0 Å². The first-order chi connectivity index (χ1) is 14.0. The van der Waals surface area contributed by atoms with Crippen molar-refractivity contribution < 1.29 is 19.2 Å². The summed E-state index contributed by atoms with van der Waals surface area (Å²) in [6, 6.07) is 21.2. The summed E-state index contributed by atoms with van der Waals surface area (Å²) in [6.07, 6.45) is -1.27. The zero-order valence-corrected chi connectivity index (χ0v) is 15.6. The number of esters is 1. The number of rotatable bonds is 6. The van der Waals surface area contributed by atoms with Gasteiger partial charge in [-0.05, 0) is 30.7 Å². The number of carbonyl (C=O) groups excluding carboxylic acids is 2. The van der Waals surface area contributed by atoms with Crippen LogP contribution in [0.25, 0.3) is 0 Å². The average molecular weight is 390 g/mol. The minimum Gasteiger partial charge on any atom is -0.444 e. The minimum absolute atomic E-state index is 0.0299. The van der Waals surface area contributed by atoms with Gasteiger partial charge in [-0.15, -0.1) is 0 Å². The van der Waals surface area contributed by atoms with Gasteiger partial charge < -0.3 is 10.1 Å². The van der Waals surface area contributed by atoms with Gasteiger partial charge in [-0.3, -0.25) is 14.9 Å². The first-order valence-electron chi connectivity index (χ1n) is 8.82. The van der Waals surface area contributed by atoms with Gasteiger partial charge in [0.2, 0.25) is 6.10 Å². The van der Waals surface area contributed by atoms with E-state index in [4.69, 9.17) is 4.74 Å². The molecule has 0 heterocycles. The summed E-state index contributed by atoms with van der Waals surface area (Å²) in [4.78, 5) is 36.2. The lowest BCUT2D eigenvalue weighted by Gasteiger charge is -2.18. The molecule has 1 atom stereocenters. The summed E-state index contributed by atoms with van der Waals surface area (Å²) < 4.78 is 5.46. The number of hydrogen-bond acceptors (Lipinski definition) is 5. The van der Waals surface area contributed by atoms with E-state index in [1.807, 2.05) is 0 Å². The molecule has 0 radical (unpaired) electrons. The highest BCUT2D eigenvalue weighted by Crippen LogP contribution is 2.28. The highest BCUT2D eigenvalue weighted by atomic mass is 16.6. The second kappa shape index (κ2) is 8.79. The number of amides is 1. The molecule has 0 fully saturated rings. The van der Waals surface area contributed by atoms with Crippen molar-refractivity contribution in [3.8, 4) is 0 Å². The predicted octanol–water partition coefficient (Wildman–Crippen LogP) is 4.44. The molecule has 0 aliphatic rings. The number of nitro groups is 1. The Morgan fingerprint density at radius 1 is 0.966 bits per heavy atom. The van der Waals surface area contributed by atoms with Gasteiger partial charge in [-0.25, -0.2) is 4.79 Å². The van der Waals surface area contributed by atoms with Crippen molar-refractivity contribution in [1.82, 2.24) is 0 Å². The Bertz CT molecular complexity index is 1040. The summed E-state index contributed by atoms with van der Waals surface area (Å²) in [7, 11) is 0. The third-order valence-corrected chi connectivity index (χ3v) is 4.18. The summed E-state index contributed by atoms with van der Waals surface area (Å²) in [5.41, 5.74) is 1.22. The molecule has 3 rings (SSSR count). The Kier molecular flexibility index (Phi) is 5.99. The fraction of sp³-hybridized carbons (Fsp3) is 0.0909. The Balaban J connectivity index is 1.90. The molecule has 7 nitrogen and oxygen atoms in total. The minimum atomic E-state index is -1.27. The third kappa shape index (κ3) is 4.84. The highest BCUT2D eigenvalue weighted by Gasteiger charge is 2.27. The van der Waals surface area contributed by atoms with Crippen LogP contribution in [0.15, 0.2) is 78.9 Å². The molecular formula is C22H18N2O5. The maximum Gasteiger partial charge on any atom is 0.339 e. The molecule has 29 heavy (non-hydrogen) atoms. The first kappa shape index (κ1) is 19.8. The quantitative estimate of drug-likeness (QED) is 0.381. The molecule has 1 N–H and O–H groups in total. The topological polar surface area (TPSA) is 98.5 Å². The second-order valence-corrected chi connectivity index (χ2v) is 6.33. The standard InChI is InChI=1S/C22H18N2O5/c1-15-12-13-18(19(14-15)24(27)28)23-21(25)20(16-8-4-2-5-9-16)29-22(26)17-10-6-3-7-11-17/h2-14,20H,1H3,(H,23,25)/t20-/m0/s1. The van der Waals surface area contributed by atoms with Gasteiger partial charge >= 0.3 is 5.97 Å². The van der Waals surface area contributed by atoms with E-state index in [-0.39, 0.29) is 11.4 Å². The van der Waals surface area contributed by atoms with E-state index in [0.29, 0.717) is 16.7 Å². The second-order valence-electron chi connectivity index (χ2n) is 6.33. The molecule has 0 aromatic heterocycles. The highest BCUT2D eigenvalue weighted by molar-refractivity contribution is 5.99. The SMILES string of the molecule is Cc1ccc(NC(=O)[C@@H](OC(=O)c2ccccc2)c2ccccc2)c([N+](=O)[O-])c1. The lowest BCUT2D eigenvalue weighted by atomic mass is 10.1. The van der Waals surface area contributed by atoms with Crippen LogP contribution >= 0.6 is 0 Å².